The van der Waals surface area contributed by atoms with Crippen LogP contribution in [-0.4, -0.2) is 11.1 Å². The van der Waals surface area contributed by atoms with Gasteiger partial charge >= 0.3 is 5.97 Å². The van der Waals surface area contributed by atoms with Crippen molar-refractivity contribution in [1.29, 1.82) is 0 Å². The second kappa shape index (κ2) is 4.37. The lowest BCUT2D eigenvalue weighted by Gasteiger charge is -2.01. The highest BCUT2D eigenvalue weighted by molar-refractivity contribution is 6.30. The van der Waals surface area contributed by atoms with Crippen molar-refractivity contribution in [2.75, 3.05) is 0 Å². The highest BCUT2D eigenvalue weighted by Crippen LogP contribution is 2.20. The van der Waals surface area contributed by atoms with Crippen LogP contribution in [0.4, 0.5) is 8.78 Å². The molecule has 0 atom stereocenters. The quantitative estimate of drug-likeness (QED) is 0.795. The Morgan fingerprint density at radius 2 is 2.07 bits per heavy atom. The zero-order valence-electron chi connectivity index (χ0n) is 7.06. The largest absolute Gasteiger partial charge is 0.481 e. The summed E-state index contributed by atoms with van der Waals surface area (Å²) in [6.07, 6.45) is -0.00630. The molecule has 0 aromatic heterocycles. The average Bonchev–Trinajstić information content (AvgIpc) is 2.10. The molecule has 0 aliphatic heterocycles. The molecule has 0 spiro atoms. The van der Waals surface area contributed by atoms with Gasteiger partial charge in [0.05, 0.1) is 5.02 Å². The molecule has 0 radical (unpaired) electrons. The molecule has 1 aromatic rings. The molecule has 1 rings (SSSR count). The summed E-state index contributed by atoms with van der Waals surface area (Å²) < 4.78 is 25.4. The van der Waals surface area contributed by atoms with Crippen LogP contribution in [0.5, 0.6) is 0 Å². The number of aliphatic carboxylic acids is 1. The lowest BCUT2D eigenvalue weighted by atomic mass is 10.1. The standard InChI is InChI=1S/C9H7ClF2O2/c10-6-3-5(1-2-8(13)14)4-7(11)9(6)12/h3-4H,1-2H2,(H,13,14). The molecule has 0 heterocycles. The molecule has 0 saturated heterocycles. The second-order valence-electron chi connectivity index (χ2n) is 2.77. The first-order valence-corrected chi connectivity index (χ1v) is 4.23. The van der Waals surface area contributed by atoms with E-state index in [1.807, 2.05) is 0 Å². The van der Waals surface area contributed by atoms with Gasteiger partial charge in [0, 0.05) is 6.42 Å². The van der Waals surface area contributed by atoms with E-state index >= 15 is 0 Å². The first-order chi connectivity index (χ1) is 6.50. The van der Waals surface area contributed by atoms with Crippen LogP contribution in [-0.2, 0) is 11.2 Å². The van der Waals surface area contributed by atoms with Gasteiger partial charge in [-0.15, -0.1) is 0 Å². The topological polar surface area (TPSA) is 37.3 Å². The lowest BCUT2D eigenvalue weighted by Crippen LogP contribution is -1.98. The summed E-state index contributed by atoms with van der Waals surface area (Å²) in [6, 6.07) is 2.17. The molecule has 1 N–H and O–H groups in total. The minimum absolute atomic E-state index is 0.131. The second-order valence-corrected chi connectivity index (χ2v) is 3.17. The van der Waals surface area contributed by atoms with Crippen molar-refractivity contribution in [3.05, 3.63) is 34.4 Å². The number of carboxylic acid groups (broad SMARTS) is 1. The van der Waals surface area contributed by atoms with Gasteiger partial charge < -0.3 is 5.11 Å². The van der Waals surface area contributed by atoms with Gasteiger partial charge in [-0.1, -0.05) is 11.6 Å². The van der Waals surface area contributed by atoms with Crippen LogP contribution in [0.1, 0.15) is 12.0 Å². The SMILES string of the molecule is O=C(O)CCc1cc(F)c(F)c(Cl)c1. The van der Waals surface area contributed by atoms with E-state index in [-0.39, 0.29) is 17.9 Å². The van der Waals surface area contributed by atoms with Gasteiger partial charge in [-0.2, -0.15) is 0 Å². The molecule has 0 fully saturated rings. The number of hydrogen-bond donors (Lipinski definition) is 1. The van der Waals surface area contributed by atoms with E-state index in [1.165, 1.54) is 6.07 Å². The first-order valence-electron chi connectivity index (χ1n) is 3.86. The summed E-state index contributed by atoms with van der Waals surface area (Å²) in [5, 5.41) is 8.04. The fraction of sp³-hybridized carbons (Fsp3) is 0.222. The summed E-state index contributed by atoms with van der Waals surface area (Å²) in [5.74, 6) is -3.16. The van der Waals surface area contributed by atoms with Gasteiger partial charge in [-0.05, 0) is 24.1 Å². The Balaban J connectivity index is 2.84. The number of halogens is 3. The van der Waals surface area contributed by atoms with Crippen molar-refractivity contribution in [1.82, 2.24) is 0 Å². The Hall–Kier alpha value is -1.16. The smallest absolute Gasteiger partial charge is 0.303 e. The average molecular weight is 221 g/mol. The van der Waals surface area contributed by atoms with E-state index in [0.29, 0.717) is 5.56 Å². The third-order valence-electron chi connectivity index (χ3n) is 1.67. The molecule has 0 bridgehead atoms. The van der Waals surface area contributed by atoms with Gasteiger partial charge in [0.1, 0.15) is 0 Å². The van der Waals surface area contributed by atoms with Crippen LogP contribution in [0.15, 0.2) is 12.1 Å². The number of carbonyl (C=O) groups is 1. The van der Waals surface area contributed by atoms with Crippen LogP contribution >= 0.6 is 11.6 Å². The van der Waals surface area contributed by atoms with Crippen LogP contribution in [0.3, 0.4) is 0 Å². The van der Waals surface area contributed by atoms with Crippen molar-refractivity contribution in [2.24, 2.45) is 0 Å². The highest BCUT2D eigenvalue weighted by Gasteiger charge is 2.09. The predicted molar refractivity (Wildman–Crippen MR) is 47.3 cm³/mol. The summed E-state index contributed by atoms with van der Waals surface area (Å²) in [4.78, 5) is 10.2. The third-order valence-corrected chi connectivity index (χ3v) is 1.95. The molecule has 0 saturated carbocycles. The van der Waals surface area contributed by atoms with Crippen molar-refractivity contribution < 1.29 is 18.7 Å². The Morgan fingerprint density at radius 1 is 1.43 bits per heavy atom. The van der Waals surface area contributed by atoms with Gasteiger partial charge in [0.25, 0.3) is 0 Å². The highest BCUT2D eigenvalue weighted by atomic mass is 35.5. The molecule has 5 heteroatoms. The monoisotopic (exact) mass is 220 g/mol. The van der Waals surface area contributed by atoms with Crippen molar-refractivity contribution in [2.45, 2.75) is 12.8 Å². The van der Waals surface area contributed by atoms with Crippen LogP contribution < -0.4 is 0 Å². The maximum absolute atomic E-state index is 12.8. The van der Waals surface area contributed by atoms with Crippen LogP contribution in [0.2, 0.25) is 5.02 Å². The third kappa shape index (κ3) is 2.67. The van der Waals surface area contributed by atoms with Crippen molar-refractivity contribution in [3.8, 4) is 0 Å². The summed E-state index contributed by atoms with van der Waals surface area (Å²) >= 11 is 5.37. The Labute approximate surface area is 84.1 Å². The van der Waals surface area contributed by atoms with Gasteiger partial charge in [0.2, 0.25) is 0 Å². The molecule has 1 aromatic carbocycles. The molecule has 0 unspecified atom stereocenters. The lowest BCUT2D eigenvalue weighted by molar-refractivity contribution is -0.136. The summed E-state index contributed by atoms with van der Waals surface area (Å²) in [6.45, 7) is 0. The fourth-order valence-corrected chi connectivity index (χ4v) is 1.23. The molecule has 76 valence electrons. The fourth-order valence-electron chi connectivity index (χ4n) is 1.00. The maximum Gasteiger partial charge on any atom is 0.303 e. The van der Waals surface area contributed by atoms with E-state index in [0.717, 1.165) is 6.07 Å². The molecule has 2 nitrogen and oxygen atoms in total. The van der Waals surface area contributed by atoms with E-state index in [4.69, 9.17) is 16.7 Å². The normalized spacial score (nSPS) is 10.2. The van der Waals surface area contributed by atoms with E-state index < -0.39 is 17.6 Å². The molecule has 0 amide bonds. The molecular weight excluding hydrogens is 214 g/mol. The van der Waals surface area contributed by atoms with Crippen molar-refractivity contribution >= 4 is 17.6 Å². The molecule has 14 heavy (non-hydrogen) atoms. The number of benzene rings is 1. The number of aryl methyl sites for hydroxylation is 1. The van der Waals surface area contributed by atoms with Gasteiger partial charge in [-0.25, -0.2) is 8.78 Å². The molecular formula is C9H7ClF2O2. The minimum atomic E-state index is -1.11. The van der Waals surface area contributed by atoms with E-state index in [9.17, 15) is 13.6 Å². The Morgan fingerprint density at radius 3 is 2.57 bits per heavy atom. The van der Waals surface area contributed by atoms with Crippen LogP contribution in [0.25, 0.3) is 0 Å². The van der Waals surface area contributed by atoms with E-state index in [1.54, 1.807) is 0 Å². The zero-order chi connectivity index (χ0) is 10.7. The molecule has 0 aliphatic carbocycles. The number of hydrogen-bond acceptors (Lipinski definition) is 1. The summed E-state index contributed by atoms with van der Waals surface area (Å²) in [5.41, 5.74) is 0.372. The maximum atomic E-state index is 12.8. The number of carboxylic acids is 1. The van der Waals surface area contributed by atoms with Crippen LogP contribution in [0, 0.1) is 11.6 Å². The summed E-state index contributed by atoms with van der Waals surface area (Å²) in [7, 11) is 0. The van der Waals surface area contributed by atoms with Gasteiger partial charge in [0.15, 0.2) is 11.6 Å². The number of rotatable bonds is 3. The van der Waals surface area contributed by atoms with Crippen molar-refractivity contribution in [3.63, 3.8) is 0 Å². The molecule has 0 aliphatic rings. The predicted octanol–water partition coefficient (Wildman–Crippen LogP) is 2.64. The Kier molecular flexibility index (Phi) is 3.41. The zero-order valence-corrected chi connectivity index (χ0v) is 7.81. The van der Waals surface area contributed by atoms with E-state index in [2.05, 4.69) is 0 Å². The first kappa shape index (κ1) is 10.9. The Bertz CT molecular complexity index is 343. The minimum Gasteiger partial charge on any atom is -0.481 e. The van der Waals surface area contributed by atoms with Gasteiger partial charge in [-0.3, -0.25) is 4.79 Å².